The minimum Gasteiger partial charge on any atom is -0.348 e. The van der Waals surface area contributed by atoms with Crippen molar-refractivity contribution in [2.24, 2.45) is 0 Å². The molecule has 126 valence electrons. The van der Waals surface area contributed by atoms with Gasteiger partial charge in [-0.15, -0.1) is 0 Å². The molecule has 1 amide bonds. The maximum atomic E-state index is 12.3. The number of hydrogen-bond donors (Lipinski definition) is 1. The summed E-state index contributed by atoms with van der Waals surface area (Å²) < 4.78 is 24.3. The van der Waals surface area contributed by atoms with Crippen LogP contribution in [0.2, 0.25) is 0 Å². The molecule has 1 atom stereocenters. The molecule has 24 heavy (non-hydrogen) atoms. The van der Waals surface area contributed by atoms with Gasteiger partial charge in [0, 0.05) is 6.42 Å². The number of carbonyl (C=O) groups excluding carboxylic acids is 1. The maximum Gasteiger partial charge on any atom is 0.220 e. The number of nitrogens with one attached hydrogen (secondary N) is 1. The fourth-order valence-corrected chi connectivity index (χ4v) is 4.95. The third-order valence-electron chi connectivity index (χ3n) is 4.47. The van der Waals surface area contributed by atoms with Gasteiger partial charge in [-0.25, -0.2) is 8.42 Å². The summed E-state index contributed by atoms with van der Waals surface area (Å²) >= 11 is 0. The predicted molar refractivity (Wildman–Crippen MR) is 93.6 cm³/mol. The molecule has 2 aromatic rings. The molecule has 4 nitrogen and oxygen atoms in total. The smallest absolute Gasteiger partial charge is 0.220 e. The highest BCUT2D eigenvalue weighted by Crippen LogP contribution is 2.33. The van der Waals surface area contributed by atoms with Crippen molar-refractivity contribution in [1.29, 1.82) is 0 Å². The van der Waals surface area contributed by atoms with E-state index in [-0.39, 0.29) is 11.7 Å². The average molecular weight is 343 g/mol. The Labute approximate surface area is 142 Å². The van der Waals surface area contributed by atoms with Gasteiger partial charge >= 0.3 is 0 Å². The van der Waals surface area contributed by atoms with Gasteiger partial charge in [0.25, 0.3) is 0 Å². The Bertz CT molecular complexity index is 887. The zero-order valence-corrected chi connectivity index (χ0v) is 14.7. The van der Waals surface area contributed by atoms with Crippen molar-refractivity contribution in [3.8, 4) is 0 Å². The molecule has 0 aliphatic carbocycles. The second-order valence-corrected chi connectivity index (χ2v) is 8.37. The van der Waals surface area contributed by atoms with E-state index in [1.54, 1.807) is 24.3 Å². The topological polar surface area (TPSA) is 63.2 Å². The fourth-order valence-electron chi connectivity index (χ4n) is 3.21. The summed E-state index contributed by atoms with van der Waals surface area (Å²) in [6.07, 6.45) is 1.00. The molecule has 0 bridgehead atoms. The molecule has 2 aromatic carbocycles. The summed E-state index contributed by atoms with van der Waals surface area (Å²) in [5.74, 6) is -0.173. The Kier molecular flexibility index (Phi) is 4.45. The lowest BCUT2D eigenvalue weighted by atomic mass is 10.0. The molecular formula is C19H21NO3S. The minimum absolute atomic E-state index is 0.0539. The molecule has 5 heteroatoms. The molecule has 0 aromatic heterocycles. The van der Waals surface area contributed by atoms with Gasteiger partial charge in [0.2, 0.25) is 5.91 Å². The first-order chi connectivity index (χ1) is 11.4. The van der Waals surface area contributed by atoms with E-state index in [1.807, 2.05) is 26.0 Å². The van der Waals surface area contributed by atoms with E-state index in [0.717, 1.165) is 5.56 Å². The zero-order valence-electron chi connectivity index (χ0n) is 13.9. The van der Waals surface area contributed by atoms with E-state index in [2.05, 4.69) is 11.4 Å². The van der Waals surface area contributed by atoms with Crippen LogP contribution in [0.4, 0.5) is 0 Å². The van der Waals surface area contributed by atoms with Crippen molar-refractivity contribution in [3.05, 3.63) is 64.7 Å². The van der Waals surface area contributed by atoms with Crippen LogP contribution in [0.1, 0.15) is 34.7 Å². The van der Waals surface area contributed by atoms with Crippen LogP contribution in [0.15, 0.2) is 47.4 Å². The van der Waals surface area contributed by atoms with E-state index in [0.29, 0.717) is 23.3 Å². The van der Waals surface area contributed by atoms with Gasteiger partial charge < -0.3 is 5.32 Å². The number of fused-ring (bicyclic) bond motifs is 1. The molecule has 3 rings (SSSR count). The van der Waals surface area contributed by atoms with Gasteiger partial charge in [-0.1, -0.05) is 42.0 Å². The normalized spacial score (nSPS) is 18.2. The SMILES string of the molecule is Cc1ccc(CCC(=O)N[C@@H]2CS(=O)(=O)c3ccccc32)c(C)c1. The standard InChI is InChI=1S/C19H21NO3S/c1-13-7-8-15(14(2)11-13)9-10-19(21)20-17-12-24(22,23)18-6-4-3-5-16(17)18/h3-8,11,17H,9-10,12H2,1-2H3,(H,20,21)/t17-/m1/s1. The summed E-state index contributed by atoms with van der Waals surface area (Å²) in [5, 5.41) is 2.87. The van der Waals surface area contributed by atoms with Crippen LogP contribution >= 0.6 is 0 Å². The lowest BCUT2D eigenvalue weighted by Gasteiger charge is -2.13. The first-order valence-electron chi connectivity index (χ1n) is 8.04. The Morgan fingerprint density at radius 1 is 1.17 bits per heavy atom. The lowest BCUT2D eigenvalue weighted by molar-refractivity contribution is -0.121. The van der Waals surface area contributed by atoms with Crippen molar-refractivity contribution >= 4 is 15.7 Å². The summed E-state index contributed by atoms with van der Waals surface area (Å²) in [5.41, 5.74) is 4.22. The fraction of sp³-hybridized carbons (Fsp3) is 0.316. The van der Waals surface area contributed by atoms with Crippen LogP contribution in [0, 0.1) is 13.8 Å². The Morgan fingerprint density at radius 3 is 2.67 bits per heavy atom. The van der Waals surface area contributed by atoms with Crippen LogP contribution in [-0.4, -0.2) is 20.1 Å². The van der Waals surface area contributed by atoms with Gasteiger partial charge in [-0.05, 0) is 43.0 Å². The van der Waals surface area contributed by atoms with Gasteiger partial charge in [0.1, 0.15) is 0 Å². The van der Waals surface area contributed by atoms with Crippen LogP contribution in [0.5, 0.6) is 0 Å². The molecule has 1 heterocycles. The van der Waals surface area contributed by atoms with E-state index in [1.165, 1.54) is 11.1 Å². The molecule has 0 saturated heterocycles. The monoisotopic (exact) mass is 343 g/mol. The number of rotatable bonds is 4. The number of benzene rings is 2. The average Bonchev–Trinajstić information content (AvgIpc) is 2.78. The lowest BCUT2D eigenvalue weighted by Crippen LogP contribution is -2.29. The van der Waals surface area contributed by atoms with Crippen LogP contribution in [0.25, 0.3) is 0 Å². The van der Waals surface area contributed by atoms with Crippen molar-refractivity contribution in [2.75, 3.05) is 5.75 Å². The predicted octanol–water partition coefficient (Wildman–Crippen LogP) is 2.88. The molecule has 0 saturated carbocycles. The molecule has 0 unspecified atom stereocenters. The zero-order chi connectivity index (χ0) is 17.3. The largest absolute Gasteiger partial charge is 0.348 e. The summed E-state index contributed by atoms with van der Waals surface area (Å²) in [6.45, 7) is 4.08. The van der Waals surface area contributed by atoms with Crippen LogP contribution < -0.4 is 5.32 Å². The molecule has 1 N–H and O–H groups in total. The molecule has 0 fully saturated rings. The Hall–Kier alpha value is -2.14. The molecular weight excluding hydrogens is 322 g/mol. The van der Waals surface area contributed by atoms with E-state index in [4.69, 9.17) is 0 Å². The third kappa shape index (κ3) is 3.36. The number of sulfone groups is 1. The van der Waals surface area contributed by atoms with E-state index in [9.17, 15) is 13.2 Å². The second kappa shape index (κ2) is 6.40. The van der Waals surface area contributed by atoms with E-state index >= 15 is 0 Å². The molecule has 1 aliphatic rings. The molecule has 1 aliphatic heterocycles. The first-order valence-corrected chi connectivity index (χ1v) is 9.69. The Morgan fingerprint density at radius 2 is 1.92 bits per heavy atom. The molecule has 0 radical (unpaired) electrons. The van der Waals surface area contributed by atoms with Gasteiger partial charge in [0.15, 0.2) is 9.84 Å². The highest BCUT2D eigenvalue weighted by Gasteiger charge is 2.34. The highest BCUT2D eigenvalue weighted by atomic mass is 32.2. The number of carbonyl (C=O) groups is 1. The Balaban J connectivity index is 1.66. The van der Waals surface area contributed by atoms with Crippen molar-refractivity contribution in [3.63, 3.8) is 0 Å². The number of aryl methyl sites for hydroxylation is 3. The highest BCUT2D eigenvalue weighted by molar-refractivity contribution is 7.91. The number of hydrogen-bond acceptors (Lipinski definition) is 3. The molecule has 0 spiro atoms. The van der Waals surface area contributed by atoms with Crippen molar-refractivity contribution < 1.29 is 13.2 Å². The maximum absolute atomic E-state index is 12.3. The van der Waals surface area contributed by atoms with Crippen molar-refractivity contribution in [2.45, 2.75) is 37.6 Å². The summed E-state index contributed by atoms with van der Waals surface area (Å²) in [6, 6.07) is 12.6. The first kappa shape index (κ1) is 16.7. The van der Waals surface area contributed by atoms with Crippen LogP contribution in [-0.2, 0) is 21.1 Å². The van der Waals surface area contributed by atoms with Gasteiger partial charge in [-0.2, -0.15) is 0 Å². The van der Waals surface area contributed by atoms with Crippen molar-refractivity contribution in [1.82, 2.24) is 5.32 Å². The second-order valence-electron chi connectivity index (χ2n) is 6.37. The number of amides is 1. The quantitative estimate of drug-likeness (QED) is 0.928. The van der Waals surface area contributed by atoms with E-state index < -0.39 is 15.9 Å². The third-order valence-corrected chi connectivity index (χ3v) is 6.28. The van der Waals surface area contributed by atoms with Crippen LogP contribution in [0.3, 0.4) is 0 Å². The summed E-state index contributed by atoms with van der Waals surface area (Å²) in [4.78, 5) is 12.6. The van der Waals surface area contributed by atoms with Gasteiger partial charge in [-0.3, -0.25) is 4.79 Å². The minimum atomic E-state index is -3.29. The summed E-state index contributed by atoms with van der Waals surface area (Å²) in [7, 11) is -3.29. The van der Waals surface area contributed by atoms with Gasteiger partial charge in [0.05, 0.1) is 16.7 Å².